The number of carbonyl (C=O) groups excluding carboxylic acids is 7. The Labute approximate surface area is 210 Å². The van der Waals surface area contributed by atoms with Gasteiger partial charge in [0, 0.05) is 18.8 Å². The van der Waals surface area contributed by atoms with Crippen molar-refractivity contribution in [3.63, 3.8) is 0 Å². The smallest absolute Gasteiger partial charge is 0.132 e. The number of aliphatic hydroxyl groups excluding tert-OH is 1. The Balaban J connectivity index is -0.0000000724. The van der Waals surface area contributed by atoms with Crippen molar-refractivity contribution < 1.29 is 48.9 Å². The molecule has 1 saturated carbocycles. The minimum Gasteiger partial charge on any atom is -0.392 e. The summed E-state index contributed by atoms with van der Waals surface area (Å²) in [4.78, 5) is 66.1. The summed E-state index contributed by atoms with van der Waals surface area (Å²) < 4.78 is 0. The molecule has 0 radical (unpaired) electrons. The third-order valence-electron chi connectivity index (χ3n) is 2.24. The van der Waals surface area contributed by atoms with Crippen molar-refractivity contribution in [1.82, 2.24) is 0 Å². The van der Waals surface area contributed by atoms with E-state index in [1.165, 1.54) is 48.5 Å². The monoisotopic (exact) mass is 508 g/mol. The van der Waals surface area contributed by atoms with Gasteiger partial charge in [0.05, 0.1) is 17.3 Å². The van der Waals surface area contributed by atoms with Crippen molar-refractivity contribution in [2.45, 2.75) is 113 Å². The number of aliphatic hydroxyl groups is 3. The van der Waals surface area contributed by atoms with E-state index in [4.69, 9.17) is 24.9 Å². The maximum atomic E-state index is 10.3. The molecule has 2 unspecified atom stereocenters. The topological polar surface area (TPSA) is 180 Å². The number of carbonyl (C=O) groups is 7. The fourth-order valence-electron chi connectivity index (χ4n) is 1.16. The number of aldehydes is 4. The Hall–Kier alpha value is -2.43. The van der Waals surface area contributed by atoms with Crippen molar-refractivity contribution >= 4 is 42.5 Å². The molecule has 0 aliphatic heterocycles. The van der Waals surface area contributed by atoms with Crippen LogP contribution in [-0.4, -0.2) is 75.1 Å². The summed E-state index contributed by atoms with van der Waals surface area (Å²) in [5.41, 5.74) is -1.65. The van der Waals surface area contributed by atoms with Crippen LogP contribution < -0.4 is 0 Å². The van der Waals surface area contributed by atoms with E-state index in [1.54, 1.807) is 27.7 Å². The van der Waals surface area contributed by atoms with Gasteiger partial charge < -0.3 is 44.1 Å². The highest BCUT2D eigenvalue weighted by Gasteiger charge is 2.34. The first-order chi connectivity index (χ1) is 15.6. The zero-order valence-corrected chi connectivity index (χ0v) is 23.3. The van der Waals surface area contributed by atoms with Gasteiger partial charge in [0.15, 0.2) is 0 Å². The average Bonchev–Trinajstić information content (AvgIpc) is 3.29. The first-order valence-corrected chi connectivity index (χ1v) is 10.9. The highest BCUT2D eigenvalue weighted by Crippen LogP contribution is 2.26. The molecule has 0 aromatic rings. The molecule has 0 bridgehead atoms. The minimum absolute atomic E-state index is 0.0231. The summed E-state index contributed by atoms with van der Waals surface area (Å²) >= 11 is 0. The van der Waals surface area contributed by atoms with Crippen LogP contribution in [0, 0.1) is 5.92 Å². The molecule has 208 valence electrons. The van der Waals surface area contributed by atoms with E-state index >= 15 is 0 Å². The van der Waals surface area contributed by atoms with Gasteiger partial charge in [-0.25, -0.2) is 0 Å². The molecule has 3 N–H and O–H groups in total. The molecule has 10 heteroatoms. The largest absolute Gasteiger partial charge is 0.392 e. The third kappa shape index (κ3) is 130. The van der Waals surface area contributed by atoms with Crippen LogP contribution in [0.5, 0.6) is 0 Å². The summed E-state index contributed by atoms with van der Waals surface area (Å²) in [6.07, 6.45) is 3.84. The molecule has 1 fully saturated rings. The molecular formula is C25H48O10. The Kier molecular flexibility index (Phi) is 38.9. The number of rotatable bonds is 5. The lowest BCUT2D eigenvalue weighted by atomic mass is 10.0. The quantitative estimate of drug-likeness (QED) is 0.466. The van der Waals surface area contributed by atoms with Gasteiger partial charge in [-0.2, -0.15) is 0 Å². The zero-order chi connectivity index (χ0) is 29.8. The van der Waals surface area contributed by atoms with Crippen LogP contribution in [0.2, 0.25) is 0 Å². The van der Waals surface area contributed by atoms with Crippen LogP contribution in [0.3, 0.4) is 0 Å². The van der Waals surface area contributed by atoms with E-state index in [-0.39, 0.29) is 42.2 Å². The summed E-state index contributed by atoms with van der Waals surface area (Å²) in [6.45, 7) is 16.9. The molecule has 35 heavy (non-hydrogen) atoms. The Morgan fingerprint density at radius 1 is 0.771 bits per heavy atom. The van der Waals surface area contributed by atoms with E-state index in [2.05, 4.69) is 0 Å². The lowest BCUT2D eigenvalue weighted by Crippen LogP contribution is -2.21. The molecule has 0 saturated heterocycles. The first kappa shape index (κ1) is 46.0. The lowest BCUT2D eigenvalue weighted by Gasteiger charge is -2.13. The Bertz CT molecular complexity index is 544. The lowest BCUT2D eigenvalue weighted by molar-refractivity contribution is -0.121. The second kappa shape index (κ2) is 29.6. The zero-order valence-electron chi connectivity index (χ0n) is 23.3. The number of ketones is 3. The van der Waals surface area contributed by atoms with Crippen molar-refractivity contribution in [3.05, 3.63) is 0 Å². The van der Waals surface area contributed by atoms with Crippen molar-refractivity contribution in [1.29, 1.82) is 0 Å². The maximum Gasteiger partial charge on any atom is 0.132 e. The van der Waals surface area contributed by atoms with E-state index in [0.29, 0.717) is 12.7 Å². The van der Waals surface area contributed by atoms with E-state index in [9.17, 15) is 24.0 Å². The molecule has 1 rings (SSSR count). The minimum atomic E-state index is -0.828. The Morgan fingerprint density at radius 3 is 1.03 bits per heavy atom. The molecule has 0 aromatic heterocycles. The van der Waals surface area contributed by atoms with Crippen LogP contribution in [0.1, 0.15) is 95.4 Å². The number of hydrogen-bond acceptors (Lipinski definition) is 10. The van der Waals surface area contributed by atoms with E-state index < -0.39 is 11.2 Å². The van der Waals surface area contributed by atoms with Crippen LogP contribution in [0.4, 0.5) is 0 Å². The predicted octanol–water partition coefficient (Wildman–Crippen LogP) is 2.25. The van der Waals surface area contributed by atoms with Crippen molar-refractivity contribution in [2.75, 3.05) is 0 Å². The van der Waals surface area contributed by atoms with Crippen LogP contribution in [-0.2, 0) is 33.6 Å². The predicted molar refractivity (Wildman–Crippen MR) is 135 cm³/mol. The first-order valence-electron chi connectivity index (χ1n) is 10.9. The van der Waals surface area contributed by atoms with Crippen LogP contribution in [0.25, 0.3) is 0 Å². The average molecular weight is 509 g/mol. The summed E-state index contributed by atoms with van der Waals surface area (Å²) in [6, 6.07) is 0. The fraction of sp³-hybridized carbons (Fsp3) is 0.720. The summed E-state index contributed by atoms with van der Waals surface area (Å²) in [5.74, 6) is 0.336. The van der Waals surface area contributed by atoms with Crippen molar-refractivity contribution in [3.8, 4) is 0 Å². The SMILES string of the molecule is CC(=O)CC(C)(C)O.CC(C)(O)CC=O.CC(C)=O.CC(C)=O.CC=O.CC=O.O=CC1CC1O. The third-order valence-corrected chi connectivity index (χ3v) is 2.24. The molecule has 1 aliphatic rings. The molecule has 0 spiro atoms. The van der Waals surface area contributed by atoms with Gasteiger partial charge >= 0.3 is 0 Å². The molecule has 2 atom stereocenters. The van der Waals surface area contributed by atoms with Crippen LogP contribution in [0.15, 0.2) is 0 Å². The molecule has 1 aliphatic carbocycles. The molecule has 0 amide bonds. The van der Waals surface area contributed by atoms with Gasteiger partial charge in [-0.05, 0) is 82.6 Å². The van der Waals surface area contributed by atoms with Gasteiger partial charge in [-0.1, -0.05) is 0 Å². The molecule has 10 nitrogen and oxygen atoms in total. The van der Waals surface area contributed by atoms with Crippen LogP contribution >= 0.6 is 0 Å². The number of Topliss-reactive ketones (excluding diaryl/α,β-unsaturated/α-hetero) is 3. The summed E-state index contributed by atoms with van der Waals surface area (Å²) in [5, 5.41) is 26.1. The van der Waals surface area contributed by atoms with E-state index in [0.717, 1.165) is 18.9 Å². The summed E-state index contributed by atoms with van der Waals surface area (Å²) in [7, 11) is 0. The number of hydrogen-bond donors (Lipinski definition) is 3. The highest BCUT2D eigenvalue weighted by atomic mass is 16.3. The Morgan fingerprint density at radius 2 is 1.03 bits per heavy atom. The second-order valence-electron chi connectivity index (χ2n) is 8.77. The van der Waals surface area contributed by atoms with Crippen molar-refractivity contribution in [2.24, 2.45) is 5.92 Å². The van der Waals surface area contributed by atoms with Gasteiger partial charge in [0.2, 0.25) is 0 Å². The molecular weight excluding hydrogens is 460 g/mol. The maximum absolute atomic E-state index is 10.3. The van der Waals surface area contributed by atoms with Gasteiger partial charge in [0.1, 0.15) is 42.5 Å². The van der Waals surface area contributed by atoms with Gasteiger partial charge in [-0.15, -0.1) is 0 Å². The molecule has 0 heterocycles. The standard InChI is InChI=1S/C6H12O2.C5H10O2.C4H6O2.2C3H6O.2C2H4O/c1-5(7)4-6(2,3)8;1-5(2,7)3-4-6;5-2-3-1-4(3)6;2*1-3(2)4;2*1-2-3/h8H,4H2,1-3H3;4,7H,3H2,1-2H3;2-4,6H,1H2;2*1-2H3;2*2H,1H3. The normalized spacial score (nSPS) is 14.3. The highest BCUT2D eigenvalue weighted by molar-refractivity contribution is 5.76. The van der Waals surface area contributed by atoms with Gasteiger partial charge in [0.25, 0.3) is 0 Å². The van der Waals surface area contributed by atoms with E-state index in [1.807, 2.05) is 0 Å². The molecule has 0 aromatic carbocycles. The second-order valence-corrected chi connectivity index (χ2v) is 8.77. The van der Waals surface area contributed by atoms with Gasteiger partial charge in [-0.3, -0.25) is 4.79 Å². The fourth-order valence-corrected chi connectivity index (χ4v) is 1.16.